The van der Waals surface area contributed by atoms with Gasteiger partial charge in [-0.3, -0.25) is 4.79 Å². The summed E-state index contributed by atoms with van der Waals surface area (Å²) < 4.78 is 99.5. The highest BCUT2D eigenvalue weighted by Gasteiger charge is 2.45. The average molecular weight is 503 g/mol. The summed E-state index contributed by atoms with van der Waals surface area (Å²) >= 11 is 0. The number of amides is 1. The van der Waals surface area contributed by atoms with Gasteiger partial charge in [-0.25, -0.2) is 4.39 Å². The second-order valence-electron chi connectivity index (χ2n) is 9.19. The first-order valence-electron chi connectivity index (χ1n) is 11.3. The molecule has 3 nitrogen and oxygen atoms in total. The molecule has 4 rings (SSSR count). The van der Waals surface area contributed by atoms with Crippen molar-refractivity contribution >= 4 is 5.91 Å². The Kier molecular flexibility index (Phi) is 6.87. The number of carbonyl (C=O) groups excluding carboxylic acids is 1. The lowest BCUT2D eigenvalue weighted by Gasteiger charge is -2.31. The van der Waals surface area contributed by atoms with Crippen LogP contribution >= 0.6 is 0 Å². The molecule has 1 saturated heterocycles. The van der Waals surface area contributed by atoms with Gasteiger partial charge in [0, 0.05) is 18.4 Å². The van der Waals surface area contributed by atoms with E-state index in [9.17, 15) is 35.5 Å². The van der Waals surface area contributed by atoms with Crippen molar-refractivity contribution in [1.29, 1.82) is 0 Å². The van der Waals surface area contributed by atoms with Crippen LogP contribution < -0.4 is 5.32 Å². The summed E-state index contributed by atoms with van der Waals surface area (Å²) in [5.41, 5.74) is -2.29. The molecule has 1 aliphatic carbocycles. The summed E-state index contributed by atoms with van der Waals surface area (Å²) in [6.07, 6.45) is -9.38. The molecule has 0 radical (unpaired) electrons. The van der Waals surface area contributed by atoms with E-state index in [-0.39, 0.29) is 35.4 Å². The van der Waals surface area contributed by atoms with E-state index in [0.717, 1.165) is 5.56 Å². The van der Waals surface area contributed by atoms with Crippen molar-refractivity contribution in [3.63, 3.8) is 0 Å². The van der Waals surface area contributed by atoms with E-state index in [1.807, 2.05) is 0 Å². The van der Waals surface area contributed by atoms with Crippen LogP contribution in [0.25, 0.3) is 0 Å². The topological polar surface area (TPSA) is 38.3 Å². The van der Waals surface area contributed by atoms with E-state index in [1.165, 1.54) is 19.1 Å². The van der Waals surface area contributed by atoms with Crippen molar-refractivity contribution in [2.75, 3.05) is 0 Å². The highest BCUT2D eigenvalue weighted by Crippen LogP contribution is 2.47. The molecule has 2 aromatic carbocycles. The van der Waals surface area contributed by atoms with Gasteiger partial charge in [0.1, 0.15) is 5.82 Å². The van der Waals surface area contributed by atoms with Gasteiger partial charge in [-0.2, -0.15) is 26.3 Å². The normalized spacial score (nSPS) is 26.1. The molecule has 1 amide bonds. The second-order valence-corrected chi connectivity index (χ2v) is 9.19. The van der Waals surface area contributed by atoms with E-state index in [0.29, 0.717) is 37.8 Å². The summed E-state index contributed by atoms with van der Waals surface area (Å²) in [5.74, 6) is -0.883. The van der Waals surface area contributed by atoms with E-state index in [4.69, 9.17) is 4.74 Å². The van der Waals surface area contributed by atoms with Crippen LogP contribution in [0.5, 0.6) is 0 Å². The van der Waals surface area contributed by atoms with Crippen molar-refractivity contribution in [1.82, 2.24) is 5.32 Å². The molecule has 1 saturated carbocycles. The molecule has 0 aromatic heterocycles. The lowest BCUT2D eigenvalue weighted by atomic mass is 9.82. The number of benzene rings is 2. The first-order valence-corrected chi connectivity index (χ1v) is 11.3. The first-order chi connectivity index (χ1) is 16.3. The summed E-state index contributed by atoms with van der Waals surface area (Å²) in [7, 11) is 0. The Morgan fingerprint density at radius 1 is 0.914 bits per heavy atom. The van der Waals surface area contributed by atoms with Gasteiger partial charge in [0.15, 0.2) is 0 Å². The molecule has 10 heteroatoms. The Bertz CT molecular complexity index is 1030. The maximum Gasteiger partial charge on any atom is 0.416 e. The van der Waals surface area contributed by atoms with Gasteiger partial charge >= 0.3 is 12.4 Å². The van der Waals surface area contributed by atoms with Crippen molar-refractivity contribution in [3.8, 4) is 0 Å². The zero-order valence-corrected chi connectivity index (χ0v) is 18.7. The lowest BCUT2D eigenvalue weighted by molar-refractivity contribution is -0.143. The van der Waals surface area contributed by atoms with Gasteiger partial charge in [0.05, 0.1) is 23.3 Å². The zero-order chi connectivity index (χ0) is 25.5. The summed E-state index contributed by atoms with van der Waals surface area (Å²) in [5, 5.41) is 2.94. The number of halogens is 7. The van der Waals surface area contributed by atoms with Crippen LogP contribution in [0.4, 0.5) is 30.7 Å². The highest BCUT2D eigenvalue weighted by molar-refractivity contribution is 5.78. The molecule has 1 aliphatic heterocycles. The molecule has 190 valence electrons. The van der Waals surface area contributed by atoms with E-state index >= 15 is 0 Å². The number of alkyl halides is 6. The average Bonchev–Trinajstić information content (AvgIpc) is 3.39. The quantitative estimate of drug-likeness (QED) is 0.457. The number of nitrogens with one attached hydrogen (secondary N) is 1. The molecule has 1 heterocycles. The van der Waals surface area contributed by atoms with Gasteiger partial charge < -0.3 is 10.1 Å². The standard InChI is InChI=1S/C25H24F7NO2/c1-13(15-10-16(24(27,28)29)12-17(11-15)25(30,31)32)35-21-8-6-19(20-7-9-22(34)33-20)23(21)14-2-4-18(26)5-3-14/h2-5,10-13,19-21,23H,6-9H2,1H3,(H,33,34)/t13-,19+,20+,21+,23+/m1/s1. The molecule has 5 atom stereocenters. The SMILES string of the molecule is C[C@@H](O[C@H]1CC[C@@H]([C@@H]2CCC(=O)N2)[C@@H]1c1ccc(F)cc1)c1cc(C(F)(F)F)cc(C(F)(F)F)c1. The minimum absolute atomic E-state index is 0.0589. The molecule has 0 bridgehead atoms. The van der Waals surface area contributed by atoms with Crippen molar-refractivity contribution in [3.05, 3.63) is 70.5 Å². The molecule has 35 heavy (non-hydrogen) atoms. The van der Waals surface area contributed by atoms with Gasteiger partial charge in [-0.05, 0) is 73.6 Å². The number of carbonyl (C=O) groups is 1. The van der Waals surface area contributed by atoms with Crippen LogP contribution in [0.1, 0.15) is 66.9 Å². The van der Waals surface area contributed by atoms with Crippen LogP contribution in [-0.2, 0) is 21.9 Å². The molecule has 0 spiro atoms. The van der Waals surface area contributed by atoms with Crippen molar-refractivity contribution in [2.45, 2.75) is 69.1 Å². The fourth-order valence-electron chi connectivity index (χ4n) is 5.26. The predicted molar refractivity (Wildman–Crippen MR) is 113 cm³/mol. The van der Waals surface area contributed by atoms with Crippen molar-refractivity contribution < 1.29 is 40.3 Å². The minimum Gasteiger partial charge on any atom is -0.370 e. The summed E-state index contributed by atoms with van der Waals surface area (Å²) in [4.78, 5) is 11.8. The maximum absolute atomic E-state index is 13.5. The fourth-order valence-corrected chi connectivity index (χ4v) is 5.26. The number of rotatable bonds is 5. The molecule has 1 N–H and O–H groups in total. The minimum atomic E-state index is -4.95. The third-order valence-corrected chi connectivity index (χ3v) is 6.91. The zero-order valence-electron chi connectivity index (χ0n) is 18.7. The number of hydrogen-bond donors (Lipinski definition) is 1. The molecule has 2 fully saturated rings. The molecule has 2 aliphatic rings. The molecular weight excluding hydrogens is 479 g/mol. The van der Waals surface area contributed by atoms with Crippen LogP contribution in [0.15, 0.2) is 42.5 Å². The fraction of sp³-hybridized carbons (Fsp3) is 0.480. The van der Waals surface area contributed by atoms with Crippen LogP contribution in [0.2, 0.25) is 0 Å². The number of ether oxygens (including phenoxy) is 1. The summed E-state index contributed by atoms with van der Waals surface area (Å²) in [6, 6.07) is 7.09. The van der Waals surface area contributed by atoms with Gasteiger partial charge in [0.2, 0.25) is 5.91 Å². The van der Waals surface area contributed by atoms with Crippen LogP contribution in [0, 0.1) is 11.7 Å². The van der Waals surface area contributed by atoms with Gasteiger partial charge in [-0.1, -0.05) is 12.1 Å². The van der Waals surface area contributed by atoms with Crippen LogP contribution in [-0.4, -0.2) is 18.1 Å². The van der Waals surface area contributed by atoms with Crippen molar-refractivity contribution in [2.24, 2.45) is 5.92 Å². The largest absolute Gasteiger partial charge is 0.416 e. The number of hydrogen-bond acceptors (Lipinski definition) is 2. The molecule has 2 aromatic rings. The smallest absolute Gasteiger partial charge is 0.370 e. The van der Waals surface area contributed by atoms with Gasteiger partial charge in [-0.15, -0.1) is 0 Å². The Labute approximate surface area is 197 Å². The van der Waals surface area contributed by atoms with E-state index in [1.54, 1.807) is 12.1 Å². The van der Waals surface area contributed by atoms with Crippen LogP contribution in [0.3, 0.4) is 0 Å². The van der Waals surface area contributed by atoms with E-state index in [2.05, 4.69) is 5.32 Å². The molecular formula is C25H24F7NO2. The second kappa shape index (κ2) is 9.44. The lowest BCUT2D eigenvalue weighted by Crippen LogP contribution is -2.36. The van der Waals surface area contributed by atoms with E-state index < -0.39 is 41.5 Å². The Morgan fingerprint density at radius 3 is 2.03 bits per heavy atom. The summed E-state index contributed by atoms with van der Waals surface area (Å²) in [6.45, 7) is 1.42. The monoisotopic (exact) mass is 503 g/mol. The third-order valence-electron chi connectivity index (χ3n) is 6.91. The predicted octanol–water partition coefficient (Wildman–Crippen LogP) is 6.78. The Morgan fingerprint density at radius 2 is 1.51 bits per heavy atom. The first kappa shape index (κ1) is 25.5. The van der Waals surface area contributed by atoms with Gasteiger partial charge in [0.25, 0.3) is 0 Å². The molecule has 0 unspecified atom stereocenters. The Hall–Kier alpha value is -2.62. The third kappa shape index (κ3) is 5.63. The maximum atomic E-state index is 13.5. The highest BCUT2D eigenvalue weighted by atomic mass is 19.4. The Balaban J connectivity index is 1.64.